The molecule has 40 heavy (non-hydrogen) atoms. The van der Waals surface area contributed by atoms with Crippen LogP contribution >= 0.6 is 0 Å². The maximum Gasteiger partial charge on any atom is 0.434 e. The lowest BCUT2D eigenvalue weighted by atomic mass is 9.95. The zero-order valence-electron chi connectivity index (χ0n) is 21.3. The number of unbranched alkanes of at least 4 members (excludes halogenated alkanes) is 1. The number of nitrogens with one attached hydrogen (secondary N) is 3. The maximum atomic E-state index is 12.2. The van der Waals surface area contributed by atoms with E-state index in [0.29, 0.717) is 12.1 Å². The van der Waals surface area contributed by atoms with E-state index >= 15 is 0 Å². The smallest absolute Gasteiger partial charge is 0.434 e. The van der Waals surface area contributed by atoms with Gasteiger partial charge in [0.15, 0.2) is 0 Å². The minimum absolute atomic E-state index is 0.0334. The molecule has 0 spiro atoms. The lowest BCUT2D eigenvalue weighted by molar-refractivity contribution is -0.396. The zero-order valence-corrected chi connectivity index (χ0v) is 21.3. The Labute approximate surface area is 225 Å². The second-order valence-electron chi connectivity index (χ2n) is 8.89. The molecule has 3 amide bonds. The maximum absolute atomic E-state index is 12.2. The number of carbonyl (C=O) groups excluding carboxylic acids is 2. The van der Waals surface area contributed by atoms with Crippen LogP contribution in [0.15, 0.2) is 18.6 Å². The summed E-state index contributed by atoms with van der Waals surface area (Å²) in [6.07, 6.45) is 3.82. The highest BCUT2D eigenvalue weighted by atomic mass is 16.6. The van der Waals surface area contributed by atoms with Gasteiger partial charge in [-0.3, -0.25) is 9.59 Å². The van der Waals surface area contributed by atoms with E-state index in [2.05, 4.69) is 31.2 Å². The van der Waals surface area contributed by atoms with Gasteiger partial charge in [0.25, 0.3) is 0 Å². The summed E-state index contributed by atoms with van der Waals surface area (Å²) >= 11 is 0. The van der Waals surface area contributed by atoms with Crippen molar-refractivity contribution in [1.29, 1.82) is 0 Å². The van der Waals surface area contributed by atoms with Crippen LogP contribution in [0.25, 0.3) is 0 Å². The van der Waals surface area contributed by atoms with Crippen molar-refractivity contribution >= 4 is 35.8 Å². The molecule has 19 heteroatoms. The highest BCUT2D eigenvalue weighted by molar-refractivity contribution is 5.88. The molecule has 0 saturated heterocycles. The number of imidazole rings is 1. The first-order valence-electron chi connectivity index (χ1n) is 11.9. The summed E-state index contributed by atoms with van der Waals surface area (Å²) < 4.78 is 2.51. The van der Waals surface area contributed by atoms with Gasteiger partial charge in [-0.1, -0.05) is 10.2 Å². The van der Waals surface area contributed by atoms with Crippen LogP contribution in [0.4, 0.5) is 10.7 Å². The number of nitrogens with zero attached hydrogens (tertiary/aromatic N) is 6. The van der Waals surface area contributed by atoms with Crippen LogP contribution in [0.2, 0.25) is 0 Å². The van der Waals surface area contributed by atoms with Gasteiger partial charge in [-0.2, -0.15) is 0 Å². The van der Waals surface area contributed by atoms with Crippen LogP contribution in [-0.4, -0.2) is 92.8 Å². The number of rotatable bonds is 17. The Morgan fingerprint density at radius 2 is 1.90 bits per heavy atom. The Morgan fingerprint density at radius 3 is 2.52 bits per heavy atom. The van der Waals surface area contributed by atoms with E-state index in [1.807, 2.05) is 0 Å². The predicted molar refractivity (Wildman–Crippen MR) is 131 cm³/mol. The Hall–Kier alpha value is -5.10. The summed E-state index contributed by atoms with van der Waals surface area (Å²) in [7, 11) is 0. The van der Waals surface area contributed by atoms with Crippen LogP contribution in [0.3, 0.4) is 0 Å². The fourth-order valence-corrected chi connectivity index (χ4v) is 3.49. The van der Waals surface area contributed by atoms with Crippen molar-refractivity contribution in [2.45, 2.75) is 63.7 Å². The molecule has 0 aliphatic carbocycles. The summed E-state index contributed by atoms with van der Waals surface area (Å²) in [5.41, 5.74) is -1.39. The van der Waals surface area contributed by atoms with Crippen molar-refractivity contribution in [1.82, 2.24) is 40.5 Å². The summed E-state index contributed by atoms with van der Waals surface area (Å²) in [6.45, 7) is 1.27. The first-order chi connectivity index (χ1) is 18.8. The molecule has 19 nitrogen and oxygen atoms in total. The quantitative estimate of drug-likeness (QED) is 0.0775. The Bertz CT molecular complexity index is 1240. The normalized spacial score (nSPS) is 13.0. The number of aliphatic carboxylic acids is 3. The summed E-state index contributed by atoms with van der Waals surface area (Å²) in [6, 6.07) is -2.60. The molecule has 2 aromatic rings. The number of nitro groups is 1. The number of carboxylic acid groups (broad SMARTS) is 3. The molecule has 0 aromatic carbocycles. The van der Waals surface area contributed by atoms with E-state index in [4.69, 9.17) is 10.2 Å². The third-order valence-electron chi connectivity index (χ3n) is 5.62. The number of amides is 3. The first-order valence-corrected chi connectivity index (χ1v) is 11.9. The summed E-state index contributed by atoms with van der Waals surface area (Å²) in [4.78, 5) is 72.0. The Balaban J connectivity index is 1.77. The van der Waals surface area contributed by atoms with E-state index in [9.17, 15) is 39.2 Å². The molecule has 0 bridgehead atoms. The molecule has 2 atom stereocenters. The van der Waals surface area contributed by atoms with Crippen LogP contribution in [0.5, 0.6) is 0 Å². The molecular weight excluding hydrogens is 538 g/mol. The minimum atomic E-state index is -1.76. The second-order valence-corrected chi connectivity index (χ2v) is 8.89. The van der Waals surface area contributed by atoms with Crippen LogP contribution < -0.4 is 16.0 Å². The molecule has 0 fully saturated rings. The van der Waals surface area contributed by atoms with Crippen LogP contribution in [0.1, 0.15) is 44.7 Å². The number of urea groups is 1. The van der Waals surface area contributed by atoms with E-state index < -0.39 is 52.8 Å². The van der Waals surface area contributed by atoms with Crippen molar-refractivity contribution in [2.24, 2.45) is 0 Å². The van der Waals surface area contributed by atoms with Gasteiger partial charge in [0.1, 0.15) is 42.8 Å². The van der Waals surface area contributed by atoms with Gasteiger partial charge in [-0.15, -0.1) is 5.10 Å². The molecule has 0 aliphatic rings. The fourth-order valence-electron chi connectivity index (χ4n) is 3.49. The highest BCUT2D eigenvalue weighted by Gasteiger charge is 2.35. The molecule has 0 unspecified atom stereocenters. The summed E-state index contributed by atoms with van der Waals surface area (Å²) in [5, 5.41) is 53.0. The number of aromatic nitrogens is 5. The van der Waals surface area contributed by atoms with Gasteiger partial charge in [0.2, 0.25) is 5.91 Å². The molecule has 218 valence electrons. The molecule has 2 heterocycles. The summed E-state index contributed by atoms with van der Waals surface area (Å²) in [5.74, 6) is -4.85. The largest absolute Gasteiger partial charge is 0.481 e. The molecule has 0 saturated carbocycles. The van der Waals surface area contributed by atoms with Crippen molar-refractivity contribution in [3.05, 3.63) is 34.4 Å². The van der Waals surface area contributed by atoms with Gasteiger partial charge in [0.05, 0.1) is 6.20 Å². The molecule has 0 radical (unpaired) electrons. The first kappa shape index (κ1) is 31.1. The van der Waals surface area contributed by atoms with Gasteiger partial charge in [0, 0.05) is 13.0 Å². The molecular formula is C21H29N9O10. The third-order valence-corrected chi connectivity index (χ3v) is 5.62. The topological polar surface area (TPSA) is 274 Å². The van der Waals surface area contributed by atoms with Gasteiger partial charge in [-0.25, -0.2) is 23.6 Å². The Kier molecular flexibility index (Phi) is 11.0. The molecule has 6 N–H and O–H groups in total. The fraction of sp³-hybridized carbons (Fsp3) is 0.524. The lowest BCUT2D eigenvalue weighted by Gasteiger charge is -2.27. The average Bonchev–Trinajstić information content (AvgIpc) is 3.50. The monoisotopic (exact) mass is 567 g/mol. The lowest BCUT2D eigenvalue weighted by Crippen LogP contribution is -2.57. The minimum Gasteiger partial charge on any atom is -0.481 e. The highest BCUT2D eigenvalue weighted by Crippen LogP contribution is 2.15. The standard InChI is InChI=1S/C21H29N9O10/c1-21(18(36)37,25-19(38)24-14(17(34)35)4-5-16(32)33)6-2-3-7-22-15(31)12-29-11-13(26-27-29)10-28-9-8-23-20(28)30(39)40/h8-9,11,14H,2-7,10,12H2,1H3,(H,22,31)(H,32,33)(H,34,35)(H,36,37)(H2,24,25,38)/t14-,21-/m0/s1. The Morgan fingerprint density at radius 1 is 1.18 bits per heavy atom. The van der Waals surface area contributed by atoms with E-state index in [1.54, 1.807) is 0 Å². The molecule has 2 aromatic heterocycles. The molecule has 2 rings (SSSR count). The van der Waals surface area contributed by atoms with E-state index in [-0.39, 0.29) is 44.8 Å². The number of carbonyl (C=O) groups is 5. The van der Waals surface area contributed by atoms with E-state index in [0.717, 1.165) is 0 Å². The SMILES string of the molecule is C[C@@](CCCCNC(=O)Cn1cc(Cn2ccnc2[N+](=O)[O-])nn1)(NC(=O)N[C@@H](CCC(=O)O)C(=O)O)C(=O)O. The van der Waals surface area contributed by atoms with Crippen molar-refractivity contribution in [3.8, 4) is 0 Å². The van der Waals surface area contributed by atoms with E-state index in [1.165, 1.54) is 34.8 Å². The second kappa shape index (κ2) is 14.2. The average molecular weight is 568 g/mol. The number of carboxylic acids is 3. The van der Waals surface area contributed by atoms with Gasteiger partial charge >= 0.3 is 29.9 Å². The van der Waals surface area contributed by atoms with Crippen LogP contribution in [0, 0.1) is 10.1 Å². The zero-order chi connectivity index (χ0) is 29.9. The predicted octanol–water partition coefficient (Wildman–Crippen LogP) is -0.822. The van der Waals surface area contributed by atoms with Gasteiger partial charge in [-0.05, 0) is 37.5 Å². The van der Waals surface area contributed by atoms with Crippen molar-refractivity contribution in [2.75, 3.05) is 6.54 Å². The van der Waals surface area contributed by atoms with Gasteiger partial charge < -0.3 is 41.4 Å². The van der Waals surface area contributed by atoms with Crippen LogP contribution in [-0.2, 0) is 32.3 Å². The third kappa shape index (κ3) is 9.65. The number of hydrogen-bond acceptors (Lipinski definition) is 10. The van der Waals surface area contributed by atoms with Crippen molar-refractivity contribution in [3.63, 3.8) is 0 Å². The number of hydrogen-bond donors (Lipinski definition) is 6. The van der Waals surface area contributed by atoms with Crippen molar-refractivity contribution < 1.29 is 44.2 Å². The molecule has 0 aliphatic heterocycles.